The molecule has 1 aromatic heterocycles. The van der Waals surface area contributed by atoms with Crippen molar-refractivity contribution < 1.29 is 0 Å². The Bertz CT molecular complexity index is 1640. The number of aryl methyl sites for hydroxylation is 1. The van der Waals surface area contributed by atoms with Crippen LogP contribution < -0.4 is 0 Å². The lowest BCUT2D eigenvalue weighted by molar-refractivity contribution is 1.21. The van der Waals surface area contributed by atoms with E-state index in [-0.39, 0.29) is 0 Å². The van der Waals surface area contributed by atoms with E-state index in [4.69, 9.17) is 4.98 Å². The van der Waals surface area contributed by atoms with Gasteiger partial charge in [-0.3, -0.25) is 4.98 Å². The van der Waals surface area contributed by atoms with Gasteiger partial charge in [0.2, 0.25) is 0 Å². The van der Waals surface area contributed by atoms with Crippen LogP contribution >= 0.6 is 0 Å². The number of hydrogen-bond acceptors (Lipinski definition) is 1. The van der Waals surface area contributed by atoms with E-state index in [1.165, 1.54) is 65.5 Å². The van der Waals surface area contributed by atoms with Crippen LogP contribution in [-0.4, -0.2) is 4.98 Å². The van der Waals surface area contributed by atoms with Crippen LogP contribution in [0.25, 0.3) is 54.3 Å². The number of fused-ring (bicyclic) bond motifs is 12. The molecule has 0 radical (unpaired) electrons. The smallest absolute Gasteiger partial charge is 0.0756 e. The average molecular weight is 381 g/mol. The van der Waals surface area contributed by atoms with E-state index in [1.54, 1.807) is 0 Å². The van der Waals surface area contributed by atoms with Gasteiger partial charge in [0, 0.05) is 23.1 Å². The lowest BCUT2D eigenvalue weighted by Crippen LogP contribution is -1.93. The van der Waals surface area contributed by atoms with Gasteiger partial charge in [0.05, 0.1) is 5.69 Å². The number of nitrogens with zero attached hydrogens (tertiary/aromatic N) is 1. The third-order valence-corrected chi connectivity index (χ3v) is 6.81. The van der Waals surface area contributed by atoms with Gasteiger partial charge in [-0.25, -0.2) is 0 Å². The summed E-state index contributed by atoms with van der Waals surface area (Å²) < 4.78 is 0. The predicted molar refractivity (Wildman–Crippen MR) is 127 cm³/mol. The monoisotopic (exact) mass is 381 g/mol. The van der Waals surface area contributed by atoms with Gasteiger partial charge in [-0.1, -0.05) is 84.9 Å². The highest BCUT2D eigenvalue weighted by atomic mass is 14.7. The molecule has 0 spiro atoms. The summed E-state index contributed by atoms with van der Waals surface area (Å²) in [7, 11) is 0. The first-order valence-corrected chi connectivity index (χ1v) is 10.5. The van der Waals surface area contributed by atoms with Gasteiger partial charge in [-0.15, -0.1) is 0 Å². The number of pyridine rings is 1. The van der Waals surface area contributed by atoms with E-state index in [1.807, 2.05) is 0 Å². The van der Waals surface area contributed by atoms with E-state index in [9.17, 15) is 0 Å². The Morgan fingerprint density at radius 2 is 1.10 bits per heavy atom. The number of aromatic nitrogens is 1. The second-order valence-corrected chi connectivity index (χ2v) is 8.36. The molecule has 5 aromatic carbocycles. The second-order valence-electron chi connectivity index (χ2n) is 8.36. The van der Waals surface area contributed by atoms with Gasteiger partial charge in [0.1, 0.15) is 0 Å². The molecule has 0 N–H and O–H groups in total. The van der Waals surface area contributed by atoms with Crippen LogP contribution in [0.5, 0.6) is 0 Å². The first-order valence-electron chi connectivity index (χ1n) is 10.5. The summed E-state index contributed by atoms with van der Waals surface area (Å²) in [6.45, 7) is 2.14. The Hall–Kier alpha value is -3.71. The molecular formula is C29H19N. The molecule has 0 atom stereocenters. The molecular weight excluding hydrogens is 362 g/mol. The van der Waals surface area contributed by atoms with Crippen molar-refractivity contribution in [2.45, 2.75) is 13.3 Å². The van der Waals surface area contributed by atoms with Crippen molar-refractivity contribution in [3.8, 4) is 11.3 Å². The molecule has 0 fully saturated rings. The molecule has 1 heteroatoms. The molecule has 140 valence electrons. The highest BCUT2D eigenvalue weighted by molar-refractivity contribution is 6.29. The van der Waals surface area contributed by atoms with E-state index in [0.29, 0.717) is 0 Å². The zero-order valence-electron chi connectivity index (χ0n) is 16.7. The Kier molecular flexibility index (Phi) is 3.05. The molecule has 1 heterocycles. The molecule has 0 saturated carbocycles. The van der Waals surface area contributed by atoms with Gasteiger partial charge in [0.25, 0.3) is 0 Å². The third kappa shape index (κ3) is 1.95. The molecule has 30 heavy (non-hydrogen) atoms. The Labute approximate surface area is 174 Å². The van der Waals surface area contributed by atoms with Crippen LogP contribution in [0.3, 0.4) is 0 Å². The van der Waals surface area contributed by atoms with Crippen LogP contribution in [-0.2, 0) is 6.42 Å². The zero-order valence-corrected chi connectivity index (χ0v) is 16.7. The molecule has 1 aliphatic rings. The minimum absolute atomic E-state index is 0.954. The van der Waals surface area contributed by atoms with Crippen molar-refractivity contribution in [2.75, 3.05) is 0 Å². The lowest BCUT2D eigenvalue weighted by Gasteiger charge is -2.14. The predicted octanol–water partition coefficient (Wildman–Crippen LogP) is 7.57. The summed E-state index contributed by atoms with van der Waals surface area (Å²) in [5.41, 5.74) is 6.38. The second kappa shape index (κ2) is 5.67. The Morgan fingerprint density at radius 1 is 0.567 bits per heavy atom. The molecule has 0 amide bonds. The van der Waals surface area contributed by atoms with E-state index in [2.05, 4.69) is 91.9 Å². The fourth-order valence-electron chi connectivity index (χ4n) is 5.52. The van der Waals surface area contributed by atoms with Crippen molar-refractivity contribution in [3.63, 3.8) is 0 Å². The van der Waals surface area contributed by atoms with Gasteiger partial charge in [0.15, 0.2) is 0 Å². The molecule has 6 aromatic rings. The highest BCUT2D eigenvalue weighted by Crippen LogP contribution is 2.47. The van der Waals surface area contributed by atoms with E-state index in [0.717, 1.165) is 12.1 Å². The summed E-state index contributed by atoms with van der Waals surface area (Å²) in [5, 5.41) is 10.6. The molecule has 0 bridgehead atoms. The van der Waals surface area contributed by atoms with Crippen molar-refractivity contribution in [2.24, 2.45) is 0 Å². The maximum atomic E-state index is 5.16. The highest BCUT2D eigenvalue weighted by Gasteiger charge is 2.26. The number of hydrogen-bond donors (Lipinski definition) is 0. The molecule has 0 unspecified atom stereocenters. The maximum Gasteiger partial charge on any atom is 0.0756 e. The lowest BCUT2D eigenvalue weighted by atomic mass is 9.90. The number of benzene rings is 5. The molecule has 0 aliphatic heterocycles. The fraction of sp³-hybridized carbons (Fsp3) is 0.0690. The normalized spacial score (nSPS) is 12.7. The van der Waals surface area contributed by atoms with Gasteiger partial charge >= 0.3 is 0 Å². The first-order chi connectivity index (χ1) is 14.8. The summed E-state index contributed by atoms with van der Waals surface area (Å²) in [6, 6.07) is 31.0. The van der Waals surface area contributed by atoms with Crippen molar-refractivity contribution >= 4 is 43.1 Å². The third-order valence-electron chi connectivity index (χ3n) is 6.81. The first kappa shape index (κ1) is 16.1. The SMILES string of the molecule is Cc1nc2c(c3ccccc13)Cc1ccc3c4ccccc4c4ccccc4c3c1-2. The largest absolute Gasteiger partial charge is 0.252 e. The van der Waals surface area contributed by atoms with Gasteiger partial charge in [-0.2, -0.15) is 0 Å². The Morgan fingerprint density at radius 3 is 1.80 bits per heavy atom. The van der Waals surface area contributed by atoms with Crippen molar-refractivity contribution in [3.05, 3.63) is 102 Å². The molecule has 7 rings (SSSR count). The average Bonchev–Trinajstić information content (AvgIpc) is 3.18. The van der Waals surface area contributed by atoms with E-state index < -0.39 is 0 Å². The summed E-state index contributed by atoms with van der Waals surface area (Å²) >= 11 is 0. The molecule has 1 aliphatic carbocycles. The van der Waals surface area contributed by atoms with Gasteiger partial charge in [-0.05, 0) is 55.8 Å². The quantitative estimate of drug-likeness (QED) is 0.247. The minimum atomic E-state index is 0.954. The topological polar surface area (TPSA) is 12.9 Å². The maximum absolute atomic E-state index is 5.16. The Balaban J connectivity index is 1.74. The van der Waals surface area contributed by atoms with Crippen LogP contribution in [0.1, 0.15) is 16.8 Å². The summed E-state index contributed by atoms with van der Waals surface area (Å²) in [4.78, 5) is 5.16. The summed E-state index contributed by atoms with van der Waals surface area (Å²) in [5.74, 6) is 0. The van der Waals surface area contributed by atoms with E-state index >= 15 is 0 Å². The minimum Gasteiger partial charge on any atom is -0.252 e. The van der Waals surface area contributed by atoms with Crippen molar-refractivity contribution in [1.29, 1.82) is 0 Å². The standard InChI is InChI=1S/C29H19N/c1-17-19-8-2-3-9-20(19)26-16-18-14-15-25-23-12-5-4-10-21(23)22-11-6-7-13-24(22)28(25)27(18)29(26)30-17/h2-15H,16H2,1H3. The zero-order chi connectivity index (χ0) is 19.8. The van der Waals surface area contributed by atoms with Crippen LogP contribution in [0.2, 0.25) is 0 Å². The summed E-state index contributed by atoms with van der Waals surface area (Å²) in [6.07, 6.45) is 0.954. The van der Waals surface area contributed by atoms with Crippen LogP contribution in [0.15, 0.2) is 84.9 Å². The van der Waals surface area contributed by atoms with Gasteiger partial charge < -0.3 is 0 Å². The molecule has 1 nitrogen and oxygen atoms in total. The number of rotatable bonds is 0. The van der Waals surface area contributed by atoms with Crippen LogP contribution in [0, 0.1) is 6.92 Å². The fourth-order valence-corrected chi connectivity index (χ4v) is 5.52. The van der Waals surface area contributed by atoms with Crippen LogP contribution in [0.4, 0.5) is 0 Å². The van der Waals surface area contributed by atoms with Crippen molar-refractivity contribution in [1.82, 2.24) is 4.98 Å². The molecule has 0 saturated heterocycles.